The monoisotopic (exact) mass is 372 g/mol. The van der Waals surface area contributed by atoms with Crippen LogP contribution in [0, 0.1) is 11.7 Å². The number of carbonyl (C=O) groups excluding carboxylic acids is 1. The van der Waals surface area contributed by atoms with Gasteiger partial charge in [0.15, 0.2) is 12.2 Å². The Labute approximate surface area is 153 Å². The molecule has 4 rings (SSSR count). The molecule has 5 nitrogen and oxygen atoms in total. The van der Waals surface area contributed by atoms with Gasteiger partial charge in [-0.3, -0.25) is 4.79 Å². The number of oxazole rings is 1. The fourth-order valence-electron chi connectivity index (χ4n) is 2.92. The van der Waals surface area contributed by atoms with Crippen LogP contribution in [0.3, 0.4) is 0 Å². The van der Waals surface area contributed by atoms with E-state index in [1.807, 2.05) is 0 Å². The molecule has 2 heterocycles. The predicted molar refractivity (Wildman–Crippen MR) is 94.7 cm³/mol. The molecule has 1 amide bonds. The maximum absolute atomic E-state index is 13.4. The van der Waals surface area contributed by atoms with Crippen molar-refractivity contribution in [2.45, 2.75) is 6.42 Å². The van der Waals surface area contributed by atoms with E-state index in [1.54, 1.807) is 30.5 Å². The number of anilines is 1. The van der Waals surface area contributed by atoms with Crippen LogP contribution in [0.25, 0.3) is 11.3 Å². The first-order valence-corrected chi connectivity index (χ1v) is 8.38. The Kier molecular flexibility index (Phi) is 4.34. The highest BCUT2D eigenvalue weighted by Crippen LogP contribution is 2.31. The minimum atomic E-state index is -0.406. The highest BCUT2D eigenvalue weighted by atomic mass is 35.5. The minimum Gasteiger partial charge on any atom is -0.492 e. The number of nitrogens with zero attached hydrogens (tertiary/aromatic N) is 1. The van der Waals surface area contributed by atoms with Gasteiger partial charge in [-0.15, -0.1) is 0 Å². The molecule has 1 aromatic heterocycles. The van der Waals surface area contributed by atoms with Gasteiger partial charge in [-0.1, -0.05) is 11.6 Å². The third kappa shape index (κ3) is 3.28. The lowest BCUT2D eigenvalue weighted by Gasteiger charge is -2.24. The summed E-state index contributed by atoms with van der Waals surface area (Å²) >= 11 is 6.27. The Hall–Kier alpha value is -2.86. The summed E-state index contributed by atoms with van der Waals surface area (Å²) in [5.41, 5.74) is 1.94. The summed E-state index contributed by atoms with van der Waals surface area (Å²) in [7, 11) is 0. The molecule has 2 aromatic carbocycles. The van der Waals surface area contributed by atoms with Crippen LogP contribution in [0.4, 0.5) is 10.1 Å². The zero-order valence-corrected chi connectivity index (χ0v) is 14.3. The van der Waals surface area contributed by atoms with Gasteiger partial charge >= 0.3 is 0 Å². The second kappa shape index (κ2) is 6.80. The van der Waals surface area contributed by atoms with E-state index in [2.05, 4.69) is 10.3 Å². The van der Waals surface area contributed by atoms with Crippen LogP contribution in [-0.4, -0.2) is 17.5 Å². The number of aromatic nitrogens is 1. The first-order chi connectivity index (χ1) is 12.6. The smallest absolute Gasteiger partial charge is 0.231 e. The molecule has 0 unspecified atom stereocenters. The van der Waals surface area contributed by atoms with Crippen molar-refractivity contribution in [3.05, 3.63) is 65.4 Å². The summed E-state index contributed by atoms with van der Waals surface area (Å²) in [5.74, 6) is 0.214. The van der Waals surface area contributed by atoms with Gasteiger partial charge in [-0.2, -0.15) is 0 Å². The molecule has 26 heavy (non-hydrogen) atoms. The molecule has 0 fully saturated rings. The lowest BCUT2D eigenvalue weighted by atomic mass is 9.96. The third-order valence-electron chi connectivity index (χ3n) is 4.23. The Morgan fingerprint density at radius 1 is 1.27 bits per heavy atom. The summed E-state index contributed by atoms with van der Waals surface area (Å²) in [6.45, 7) is 0.244. The van der Waals surface area contributed by atoms with E-state index >= 15 is 0 Å². The number of amides is 1. The fraction of sp³-hybridized carbons (Fsp3) is 0.158. The molecule has 0 radical (unpaired) electrons. The largest absolute Gasteiger partial charge is 0.492 e. The number of nitrogens with one attached hydrogen (secondary N) is 1. The van der Waals surface area contributed by atoms with E-state index in [0.717, 1.165) is 0 Å². The van der Waals surface area contributed by atoms with E-state index in [0.29, 0.717) is 39.8 Å². The van der Waals surface area contributed by atoms with Crippen LogP contribution in [-0.2, 0) is 11.2 Å². The first-order valence-electron chi connectivity index (χ1n) is 8.00. The van der Waals surface area contributed by atoms with Gasteiger partial charge in [-0.05, 0) is 48.4 Å². The Morgan fingerprint density at radius 3 is 2.92 bits per heavy atom. The highest BCUT2D eigenvalue weighted by molar-refractivity contribution is 6.33. The summed E-state index contributed by atoms with van der Waals surface area (Å²) in [6, 6.07) is 9.46. The van der Waals surface area contributed by atoms with E-state index in [-0.39, 0.29) is 18.3 Å². The number of fused-ring (bicyclic) bond motifs is 1. The number of carbonyl (C=O) groups is 1. The second-order valence-corrected chi connectivity index (χ2v) is 6.42. The lowest BCUT2D eigenvalue weighted by Crippen LogP contribution is -2.32. The Balaban J connectivity index is 1.48. The van der Waals surface area contributed by atoms with Gasteiger partial charge in [-0.25, -0.2) is 9.37 Å². The van der Waals surface area contributed by atoms with E-state index < -0.39 is 5.92 Å². The third-order valence-corrected chi connectivity index (χ3v) is 4.55. The van der Waals surface area contributed by atoms with Gasteiger partial charge in [0.2, 0.25) is 5.91 Å². The Morgan fingerprint density at radius 2 is 2.15 bits per heavy atom. The maximum atomic E-state index is 13.4. The normalized spacial score (nSPS) is 15.8. The van der Waals surface area contributed by atoms with Crippen molar-refractivity contribution in [2.24, 2.45) is 5.92 Å². The van der Waals surface area contributed by atoms with Gasteiger partial charge in [0.25, 0.3) is 0 Å². The molecule has 0 saturated heterocycles. The fourth-order valence-corrected chi connectivity index (χ4v) is 3.19. The average molecular weight is 373 g/mol. The molecule has 1 aliphatic rings. The highest BCUT2D eigenvalue weighted by Gasteiger charge is 2.26. The van der Waals surface area contributed by atoms with Crippen molar-refractivity contribution in [1.29, 1.82) is 0 Å². The zero-order valence-electron chi connectivity index (χ0n) is 13.5. The predicted octanol–water partition coefficient (Wildman–Crippen LogP) is 4.32. The number of hydrogen-bond donors (Lipinski definition) is 1. The Bertz CT molecular complexity index is 959. The molecular formula is C19H14ClFN2O3. The van der Waals surface area contributed by atoms with E-state index in [4.69, 9.17) is 20.8 Å². The van der Waals surface area contributed by atoms with Gasteiger partial charge in [0, 0.05) is 11.3 Å². The molecule has 0 spiro atoms. The van der Waals surface area contributed by atoms with Crippen molar-refractivity contribution in [3.63, 3.8) is 0 Å². The van der Waals surface area contributed by atoms with Crippen LogP contribution in [0.15, 0.2) is 53.4 Å². The summed E-state index contributed by atoms with van der Waals surface area (Å²) in [6.07, 6.45) is 3.31. The van der Waals surface area contributed by atoms with Crippen molar-refractivity contribution < 1.29 is 18.3 Å². The first kappa shape index (κ1) is 16.6. The van der Waals surface area contributed by atoms with Crippen molar-refractivity contribution in [3.8, 4) is 17.1 Å². The molecular weight excluding hydrogens is 359 g/mol. The van der Waals surface area contributed by atoms with Gasteiger partial charge in [0.1, 0.15) is 18.2 Å². The number of hydrogen-bond acceptors (Lipinski definition) is 4. The van der Waals surface area contributed by atoms with E-state index in [9.17, 15) is 9.18 Å². The van der Waals surface area contributed by atoms with Crippen LogP contribution in [0.1, 0.15) is 5.56 Å². The molecule has 132 valence electrons. The summed E-state index contributed by atoms with van der Waals surface area (Å²) < 4.78 is 24.2. The van der Waals surface area contributed by atoms with Crippen molar-refractivity contribution in [2.75, 3.05) is 11.9 Å². The zero-order chi connectivity index (χ0) is 18.1. The quantitative estimate of drug-likeness (QED) is 0.743. The molecule has 0 bridgehead atoms. The molecule has 1 atom stereocenters. The number of halogens is 2. The SMILES string of the molecule is O=C(Nc1ccc(-c2cnco2)c(Cl)c1)[C@H]1COc2ccc(F)cc2C1. The molecule has 0 aliphatic carbocycles. The summed E-state index contributed by atoms with van der Waals surface area (Å²) in [4.78, 5) is 16.4. The second-order valence-electron chi connectivity index (χ2n) is 6.01. The van der Waals surface area contributed by atoms with Crippen LogP contribution < -0.4 is 10.1 Å². The van der Waals surface area contributed by atoms with Gasteiger partial charge < -0.3 is 14.5 Å². The van der Waals surface area contributed by atoms with Crippen molar-refractivity contribution in [1.82, 2.24) is 4.98 Å². The number of ether oxygens (including phenoxy) is 1. The van der Waals surface area contributed by atoms with Crippen molar-refractivity contribution >= 4 is 23.2 Å². The standard InChI is InChI=1S/C19H14ClFN2O3/c20-16-7-14(2-3-15(16)18-8-22-10-26-18)23-19(24)12-5-11-6-13(21)1-4-17(11)25-9-12/h1-4,6-8,10,12H,5,9H2,(H,23,24)/t12-/m1/s1. The molecule has 0 saturated carbocycles. The molecule has 7 heteroatoms. The van der Waals surface area contributed by atoms with Crippen LogP contribution >= 0.6 is 11.6 Å². The van der Waals surface area contributed by atoms with Gasteiger partial charge in [0.05, 0.1) is 17.1 Å². The maximum Gasteiger partial charge on any atom is 0.231 e. The van der Waals surface area contributed by atoms with E-state index in [1.165, 1.54) is 18.5 Å². The number of benzene rings is 2. The minimum absolute atomic E-state index is 0.205. The van der Waals surface area contributed by atoms with Crippen LogP contribution in [0.2, 0.25) is 5.02 Å². The number of rotatable bonds is 3. The topological polar surface area (TPSA) is 64.4 Å². The van der Waals surface area contributed by atoms with Crippen LogP contribution in [0.5, 0.6) is 5.75 Å². The average Bonchev–Trinajstić information content (AvgIpc) is 3.15. The lowest BCUT2D eigenvalue weighted by molar-refractivity contribution is -0.121. The molecule has 3 aromatic rings. The molecule has 1 N–H and O–H groups in total. The molecule has 1 aliphatic heterocycles. The summed E-state index contributed by atoms with van der Waals surface area (Å²) in [5, 5.41) is 3.26.